The van der Waals surface area contributed by atoms with Crippen molar-refractivity contribution in [1.29, 1.82) is 0 Å². The summed E-state index contributed by atoms with van der Waals surface area (Å²) in [6.07, 6.45) is 11.0. The predicted molar refractivity (Wildman–Crippen MR) is 75.4 cm³/mol. The van der Waals surface area contributed by atoms with Crippen LogP contribution in [0.25, 0.3) is 10.8 Å². The molecule has 5 nitrogen and oxygen atoms in total. The largest absolute Gasteiger partial charge is 0.465 e. The molecule has 0 fully saturated rings. The van der Waals surface area contributed by atoms with E-state index in [4.69, 9.17) is 11.2 Å². The van der Waals surface area contributed by atoms with Gasteiger partial charge in [-0.2, -0.15) is 0 Å². The molecule has 0 bridgehead atoms. The van der Waals surface area contributed by atoms with Gasteiger partial charge in [-0.1, -0.05) is 0 Å². The van der Waals surface area contributed by atoms with Crippen molar-refractivity contribution in [2.45, 2.75) is 19.4 Å². The summed E-state index contributed by atoms with van der Waals surface area (Å²) in [5, 5.41) is 0.946. The van der Waals surface area contributed by atoms with E-state index >= 15 is 0 Å². The van der Waals surface area contributed by atoms with E-state index < -0.39 is 5.97 Å². The molecule has 0 saturated carbocycles. The number of aromatic nitrogens is 2. The zero-order valence-electron chi connectivity index (χ0n) is 11.1. The second-order valence-electron chi connectivity index (χ2n) is 4.26. The topological polar surface area (TPSA) is 61.2 Å². The molecule has 0 unspecified atom stereocenters. The first-order valence-electron chi connectivity index (χ1n) is 6.18. The SMILES string of the molecule is C#CCCCn1cc(C(=O)OC)c2cnccc2c1=O. The molecule has 5 heteroatoms. The van der Waals surface area contributed by atoms with Crippen LogP contribution in [-0.4, -0.2) is 22.6 Å². The molecule has 2 heterocycles. The van der Waals surface area contributed by atoms with Gasteiger partial charge in [0.15, 0.2) is 0 Å². The van der Waals surface area contributed by atoms with Gasteiger partial charge in [-0.15, -0.1) is 12.3 Å². The highest BCUT2D eigenvalue weighted by molar-refractivity contribution is 6.03. The van der Waals surface area contributed by atoms with Crippen LogP contribution in [0.4, 0.5) is 0 Å². The summed E-state index contributed by atoms with van der Waals surface area (Å²) in [5.74, 6) is 2.03. The molecule has 0 atom stereocenters. The summed E-state index contributed by atoms with van der Waals surface area (Å²) in [7, 11) is 1.30. The molecule has 2 rings (SSSR count). The summed E-state index contributed by atoms with van der Waals surface area (Å²) >= 11 is 0. The van der Waals surface area contributed by atoms with Crippen LogP contribution in [0.3, 0.4) is 0 Å². The van der Waals surface area contributed by atoms with Gasteiger partial charge in [-0.05, 0) is 12.5 Å². The van der Waals surface area contributed by atoms with E-state index in [1.54, 1.807) is 6.07 Å². The van der Waals surface area contributed by atoms with Crippen molar-refractivity contribution in [3.63, 3.8) is 0 Å². The van der Waals surface area contributed by atoms with E-state index in [1.165, 1.54) is 30.3 Å². The minimum atomic E-state index is -0.492. The first-order chi connectivity index (χ1) is 9.69. The van der Waals surface area contributed by atoms with E-state index in [0.29, 0.717) is 35.7 Å². The second-order valence-corrected chi connectivity index (χ2v) is 4.26. The fourth-order valence-corrected chi connectivity index (χ4v) is 2.02. The summed E-state index contributed by atoms with van der Waals surface area (Å²) in [6.45, 7) is 0.464. The van der Waals surface area contributed by atoms with Crippen LogP contribution in [0.5, 0.6) is 0 Å². The number of ether oxygens (including phenoxy) is 1. The van der Waals surface area contributed by atoms with E-state index in [2.05, 4.69) is 10.9 Å². The lowest BCUT2D eigenvalue weighted by Gasteiger charge is -2.10. The minimum absolute atomic E-state index is 0.160. The zero-order chi connectivity index (χ0) is 14.5. The molecule has 0 radical (unpaired) electrons. The Bertz CT molecular complexity index is 741. The highest BCUT2D eigenvalue weighted by Crippen LogP contribution is 2.15. The van der Waals surface area contributed by atoms with Crippen molar-refractivity contribution < 1.29 is 9.53 Å². The summed E-state index contributed by atoms with van der Waals surface area (Å²) in [4.78, 5) is 28.1. The van der Waals surface area contributed by atoms with Gasteiger partial charge in [0.25, 0.3) is 5.56 Å². The van der Waals surface area contributed by atoms with Gasteiger partial charge < -0.3 is 9.30 Å². The van der Waals surface area contributed by atoms with E-state index in [0.717, 1.165) is 0 Å². The van der Waals surface area contributed by atoms with Crippen molar-refractivity contribution in [2.75, 3.05) is 7.11 Å². The van der Waals surface area contributed by atoms with Crippen LogP contribution in [0.2, 0.25) is 0 Å². The molecule has 0 aromatic carbocycles. The van der Waals surface area contributed by atoms with Gasteiger partial charge >= 0.3 is 5.97 Å². The maximum atomic E-state index is 12.3. The molecule has 2 aromatic rings. The number of rotatable bonds is 4. The number of unbranched alkanes of at least 4 members (excludes halogenated alkanes) is 1. The highest BCUT2D eigenvalue weighted by Gasteiger charge is 2.15. The third kappa shape index (κ3) is 2.54. The molecular formula is C15H14N2O3. The van der Waals surface area contributed by atoms with Gasteiger partial charge in [0.05, 0.1) is 18.1 Å². The Morgan fingerprint density at radius 2 is 2.30 bits per heavy atom. The van der Waals surface area contributed by atoms with Crippen molar-refractivity contribution in [1.82, 2.24) is 9.55 Å². The second kappa shape index (κ2) is 6.02. The van der Waals surface area contributed by atoms with Crippen molar-refractivity contribution in [2.24, 2.45) is 0 Å². The van der Waals surface area contributed by atoms with Crippen LogP contribution in [0, 0.1) is 12.3 Å². The number of pyridine rings is 2. The van der Waals surface area contributed by atoms with Gasteiger partial charge in [0, 0.05) is 36.9 Å². The van der Waals surface area contributed by atoms with Gasteiger partial charge in [-0.3, -0.25) is 9.78 Å². The number of methoxy groups -OCH3 is 1. The van der Waals surface area contributed by atoms with Crippen molar-refractivity contribution in [3.8, 4) is 12.3 Å². The number of aryl methyl sites for hydroxylation is 1. The lowest BCUT2D eigenvalue weighted by atomic mass is 10.1. The molecule has 0 aliphatic carbocycles. The summed E-state index contributed by atoms with van der Waals surface area (Å²) < 4.78 is 6.24. The molecule has 20 heavy (non-hydrogen) atoms. The third-order valence-electron chi connectivity index (χ3n) is 3.01. The maximum Gasteiger partial charge on any atom is 0.340 e. The number of carbonyl (C=O) groups is 1. The Kier molecular flexibility index (Phi) is 4.16. The quantitative estimate of drug-likeness (QED) is 0.481. The third-order valence-corrected chi connectivity index (χ3v) is 3.01. The molecule has 0 spiro atoms. The Balaban J connectivity index is 2.60. The molecular weight excluding hydrogens is 256 g/mol. The standard InChI is InChI=1S/C15H14N2O3/c1-3-4-5-8-17-10-13(15(19)20-2)12-9-16-7-6-11(12)14(17)18/h1,6-7,9-10H,4-5,8H2,2H3. The molecule has 0 aliphatic rings. The number of esters is 1. The lowest BCUT2D eigenvalue weighted by Crippen LogP contribution is -2.22. The molecule has 2 aromatic heterocycles. The average molecular weight is 270 g/mol. The van der Waals surface area contributed by atoms with Crippen LogP contribution < -0.4 is 5.56 Å². The number of fused-ring (bicyclic) bond motifs is 1. The minimum Gasteiger partial charge on any atom is -0.465 e. The molecule has 0 aliphatic heterocycles. The fourth-order valence-electron chi connectivity index (χ4n) is 2.02. The van der Waals surface area contributed by atoms with Gasteiger partial charge in [0.1, 0.15) is 0 Å². The van der Waals surface area contributed by atoms with Crippen LogP contribution in [-0.2, 0) is 11.3 Å². The Morgan fingerprint density at radius 1 is 1.50 bits per heavy atom. The van der Waals surface area contributed by atoms with Gasteiger partial charge in [0.2, 0.25) is 0 Å². The van der Waals surface area contributed by atoms with Gasteiger partial charge in [-0.25, -0.2) is 4.79 Å². The monoisotopic (exact) mass is 270 g/mol. The Hall–Kier alpha value is -2.61. The summed E-state index contributed by atoms with van der Waals surface area (Å²) in [6, 6.07) is 1.60. The Labute approximate surface area is 116 Å². The number of carbonyl (C=O) groups excluding carboxylic acids is 1. The average Bonchev–Trinajstić information content (AvgIpc) is 2.49. The zero-order valence-corrected chi connectivity index (χ0v) is 11.1. The number of hydrogen-bond donors (Lipinski definition) is 0. The summed E-state index contributed by atoms with van der Waals surface area (Å²) in [5.41, 5.74) is 0.169. The Morgan fingerprint density at radius 3 is 3.00 bits per heavy atom. The molecule has 0 saturated heterocycles. The van der Waals surface area contributed by atoms with Crippen molar-refractivity contribution in [3.05, 3.63) is 40.6 Å². The van der Waals surface area contributed by atoms with E-state index in [9.17, 15) is 9.59 Å². The van der Waals surface area contributed by atoms with Crippen LogP contribution in [0.1, 0.15) is 23.2 Å². The first kappa shape index (κ1) is 13.8. The number of terminal acetylenes is 1. The lowest BCUT2D eigenvalue weighted by molar-refractivity contribution is 0.0602. The van der Waals surface area contributed by atoms with Crippen molar-refractivity contribution >= 4 is 16.7 Å². The maximum absolute atomic E-state index is 12.3. The molecule has 102 valence electrons. The van der Waals surface area contributed by atoms with Crippen LogP contribution in [0.15, 0.2) is 29.5 Å². The van der Waals surface area contributed by atoms with Crippen LogP contribution >= 0.6 is 0 Å². The predicted octanol–water partition coefficient (Wildman–Crippen LogP) is 1.60. The normalized spacial score (nSPS) is 10.2. The fraction of sp³-hybridized carbons (Fsp3) is 0.267. The smallest absolute Gasteiger partial charge is 0.340 e. The number of nitrogens with zero attached hydrogens (tertiary/aromatic N) is 2. The van der Waals surface area contributed by atoms with E-state index in [1.807, 2.05) is 0 Å². The highest BCUT2D eigenvalue weighted by atomic mass is 16.5. The molecule has 0 amide bonds. The molecule has 0 N–H and O–H groups in total. The number of hydrogen-bond acceptors (Lipinski definition) is 4. The van der Waals surface area contributed by atoms with E-state index in [-0.39, 0.29) is 5.56 Å². The first-order valence-corrected chi connectivity index (χ1v) is 6.18.